The number of azo groups is 1. The van der Waals surface area contributed by atoms with E-state index < -0.39 is 0 Å². The number of hydrogen-bond donors (Lipinski definition) is 0. The molecule has 0 aliphatic carbocycles. The van der Waals surface area contributed by atoms with Crippen molar-refractivity contribution >= 4 is 17.2 Å². The minimum Gasteiger partial charge on any atom is -0.308 e. The molecular weight excluding hydrogens is 284 g/mol. The van der Waals surface area contributed by atoms with Crippen molar-refractivity contribution in [3.05, 3.63) is 54.1 Å². The third kappa shape index (κ3) is 5.43. The van der Waals surface area contributed by atoms with Crippen LogP contribution >= 0.6 is 0 Å². The van der Waals surface area contributed by atoms with Crippen LogP contribution in [0.5, 0.6) is 5.75 Å². The molecule has 2 aromatic carbocycles. The number of carbonyl (C=O) groups excluding carboxylic acids is 1. The first-order valence-electron chi connectivity index (χ1n) is 6.67. The Hall–Kier alpha value is -2.57. The molecule has 0 aliphatic heterocycles. The van der Waals surface area contributed by atoms with E-state index in [-0.39, 0.29) is 12.4 Å². The second kappa shape index (κ2) is 8.02. The number of ketones is 1. The number of rotatable bonds is 7. The molecule has 0 spiro atoms. The second-order valence-electron chi connectivity index (χ2n) is 4.65. The van der Waals surface area contributed by atoms with Gasteiger partial charge in [0.2, 0.25) is 0 Å². The van der Waals surface area contributed by atoms with Gasteiger partial charge in [-0.25, -0.2) is 0 Å². The molecule has 0 aliphatic rings. The van der Waals surface area contributed by atoms with Gasteiger partial charge in [0, 0.05) is 0 Å². The predicted molar refractivity (Wildman–Crippen MR) is 80.1 cm³/mol. The van der Waals surface area contributed by atoms with Gasteiger partial charge in [0.15, 0.2) is 11.5 Å². The fraction of sp³-hybridized carbons (Fsp3) is 0.188. The number of nitrogens with zero attached hydrogens (tertiary/aromatic N) is 2. The number of Topliss-reactive ketones (excluding diaryl/α,β-unsaturated/α-hetero) is 1. The standard InChI is InChI=1S/C16H16N2O4/c1-12-3-5-14(6-4-12)17-18-15-7-9-16(10-8-15)21-22-20-11-13(2)19/h3-10H,11H2,1-2H3. The molecule has 22 heavy (non-hydrogen) atoms. The highest BCUT2D eigenvalue weighted by molar-refractivity contribution is 5.76. The molecule has 0 radical (unpaired) electrons. The lowest BCUT2D eigenvalue weighted by atomic mass is 10.2. The molecule has 2 rings (SSSR count). The van der Waals surface area contributed by atoms with Crippen molar-refractivity contribution in [2.75, 3.05) is 6.61 Å². The molecule has 0 saturated heterocycles. The van der Waals surface area contributed by atoms with Crippen LogP contribution < -0.4 is 4.89 Å². The number of benzene rings is 2. The van der Waals surface area contributed by atoms with Crippen molar-refractivity contribution < 1.29 is 19.6 Å². The molecule has 0 fully saturated rings. The van der Waals surface area contributed by atoms with E-state index in [9.17, 15) is 4.79 Å². The van der Waals surface area contributed by atoms with Crippen LogP contribution in [0.15, 0.2) is 58.8 Å². The highest BCUT2D eigenvalue weighted by atomic mass is 17.5. The van der Waals surface area contributed by atoms with E-state index in [1.54, 1.807) is 24.3 Å². The summed E-state index contributed by atoms with van der Waals surface area (Å²) in [5.41, 5.74) is 2.64. The van der Waals surface area contributed by atoms with Gasteiger partial charge in [-0.2, -0.15) is 15.1 Å². The molecule has 0 saturated carbocycles. The number of carbonyl (C=O) groups is 1. The third-order valence-corrected chi connectivity index (χ3v) is 2.59. The van der Waals surface area contributed by atoms with Crippen molar-refractivity contribution in [3.8, 4) is 5.75 Å². The second-order valence-corrected chi connectivity index (χ2v) is 4.65. The third-order valence-electron chi connectivity index (χ3n) is 2.59. The summed E-state index contributed by atoms with van der Waals surface area (Å²) in [5, 5.41) is 12.7. The van der Waals surface area contributed by atoms with Crippen molar-refractivity contribution in [2.24, 2.45) is 10.2 Å². The summed E-state index contributed by atoms with van der Waals surface area (Å²) >= 11 is 0. The SMILES string of the molecule is CC(=O)COOOc1ccc(N=Nc2ccc(C)cc2)cc1. The minimum absolute atomic E-state index is 0.157. The van der Waals surface area contributed by atoms with Crippen LogP contribution in [0.3, 0.4) is 0 Å². The Morgan fingerprint density at radius 3 is 2.05 bits per heavy atom. The van der Waals surface area contributed by atoms with Crippen molar-refractivity contribution in [1.29, 1.82) is 0 Å². The van der Waals surface area contributed by atoms with Gasteiger partial charge in [-0.15, -0.1) is 0 Å². The van der Waals surface area contributed by atoms with Gasteiger partial charge in [0.25, 0.3) is 0 Å². The summed E-state index contributed by atoms with van der Waals surface area (Å²) in [6.45, 7) is 3.24. The Labute approximate surface area is 128 Å². The van der Waals surface area contributed by atoms with Crippen LogP contribution in [0, 0.1) is 6.92 Å². The van der Waals surface area contributed by atoms with Crippen LogP contribution in [-0.2, 0) is 14.7 Å². The zero-order chi connectivity index (χ0) is 15.8. The predicted octanol–water partition coefficient (Wildman–Crippen LogP) is 4.24. The van der Waals surface area contributed by atoms with Gasteiger partial charge < -0.3 is 4.89 Å². The maximum absolute atomic E-state index is 10.6. The number of aryl methyl sites for hydroxylation is 1. The molecule has 0 bridgehead atoms. The fourth-order valence-corrected chi connectivity index (χ4v) is 1.47. The molecule has 0 atom stereocenters. The normalized spacial score (nSPS) is 10.8. The highest BCUT2D eigenvalue weighted by Gasteiger charge is 1.98. The van der Waals surface area contributed by atoms with Gasteiger partial charge in [0.1, 0.15) is 6.61 Å². The van der Waals surface area contributed by atoms with E-state index >= 15 is 0 Å². The van der Waals surface area contributed by atoms with Crippen molar-refractivity contribution in [1.82, 2.24) is 0 Å². The van der Waals surface area contributed by atoms with E-state index in [1.807, 2.05) is 31.2 Å². The van der Waals surface area contributed by atoms with Crippen LogP contribution in [0.1, 0.15) is 12.5 Å². The molecule has 0 N–H and O–H groups in total. The molecule has 6 nitrogen and oxygen atoms in total. The van der Waals surface area contributed by atoms with E-state index in [2.05, 4.69) is 20.2 Å². The molecule has 0 heterocycles. The Balaban J connectivity index is 1.86. The van der Waals surface area contributed by atoms with E-state index in [1.165, 1.54) is 12.5 Å². The Morgan fingerprint density at radius 1 is 0.955 bits per heavy atom. The quantitative estimate of drug-likeness (QED) is 0.332. The maximum atomic E-state index is 10.6. The van der Waals surface area contributed by atoms with Crippen LogP contribution in [0.25, 0.3) is 0 Å². The maximum Gasteiger partial charge on any atom is 0.168 e. The number of hydrogen-bond acceptors (Lipinski definition) is 6. The molecule has 6 heteroatoms. The van der Waals surface area contributed by atoms with Crippen molar-refractivity contribution in [2.45, 2.75) is 13.8 Å². The largest absolute Gasteiger partial charge is 0.308 e. The van der Waals surface area contributed by atoms with E-state index in [4.69, 9.17) is 4.89 Å². The first kappa shape index (κ1) is 15.8. The van der Waals surface area contributed by atoms with E-state index in [0.29, 0.717) is 11.4 Å². The summed E-state index contributed by atoms with van der Waals surface area (Å²) < 4.78 is 0. The lowest BCUT2D eigenvalue weighted by Gasteiger charge is -2.02. The Bertz CT molecular complexity index is 636. The first-order valence-corrected chi connectivity index (χ1v) is 6.67. The van der Waals surface area contributed by atoms with Crippen LogP contribution in [-0.4, -0.2) is 12.4 Å². The molecule has 2 aromatic rings. The van der Waals surface area contributed by atoms with Crippen molar-refractivity contribution in [3.63, 3.8) is 0 Å². The average molecular weight is 300 g/mol. The molecule has 0 unspecified atom stereocenters. The summed E-state index contributed by atoms with van der Waals surface area (Å²) in [6, 6.07) is 14.5. The zero-order valence-corrected chi connectivity index (χ0v) is 12.4. The highest BCUT2D eigenvalue weighted by Crippen LogP contribution is 2.21. The summed E-state index contributed by atoms with van der Waals surface area (Å²) in [4.78, 5) is 20.0. The van der Waals surface area contributed by atoms with Gasteiger partial charge in [-0.1, -0.05) is 17.7 Å². The molecule has 114 valence electrons. The smallest absolute Gasteiger partial charge is 0.168 e. The Kier molecular flexibility index (Phi) is 5.76. The van der Waals surface area contributed by atoms with Gasteiger partial charge in [-0.05, 0) is 55.3 Å². The molecule has 0 aromatic heterocycles. The lowest BCUT2D eigenvalue weighted by Crippen LogP contribution is -2.06. The minimum atomic E-state index is -0.164. The van der Waals surface area contributed by atoms with Crippen LogP contribution in [0.2, 0.25) is 0 Å². The zero-order valence-electron chi connectivity index (χ0n) is 12.4. The van der Waals surface area contributed by atoms with Gasteiger partial charge >= 0.3 is 0 Å². The lowest BCUT2D eigenvalue weighted by molar-refractivity contribution is -0.461. The summed E-state index contributed by atoms with van der Waals surface area (Å²) in [5.74, 6) is 0.272. The summed E-state index contributed by atoms with van der Waals surface area (Å²) in [6.07, 6.45) is 0. The topological polar surface area (TPSA) is 69.5 Å². The van der Waals surface area contributed by atoms with Crippen LogP contribution in [0.4, 0.5) is 11.4 Å². The van der Waals surface area contributed by atoms with E-state index in [0.717, 1.165) is 5.69 Å². The van der Waals surface area contributed by atoms with Gasteiger partial charge in [0.05, 0.1) is 11.4 Å². The average Bonchev–Trinajstić information content (AvgIpc) is 2.52. The fourth-order valence-electron chi connectivity index (χ4n) is 1.47. The Morgan fingerprint density at radius 2 is 1.50 bits per heavy atom. The summed E-state index contributed by atoms with van der Waals surface area (Å²) in [7, 11) is 0. The molecular formula is C16H16N2O4. The van der Waals surface area contributed by atoms with Gasteiger partial charge in [-0.3, -0.25) is 4.79 Å². The first-order chi connectivity index (χ1) is 10.6. The monoisotopic (exact) mass is 300 g/mol. The molecule has 0 amide bonds.